The Morgan fingerprint density at radius 2 is 2.00 bits per heavy atom. The molecule has 1 aliphatic rings. The lowest BCUT2D eigenvalue weighted by atomic mass is 10.2. The molecule has 0 amide bonds. The monoisotopic (exact) mass is 227 g/mol. The van der Waals surface area contributed by atoms with Crippen LogP contribution in [-0.2, 0) is 6.54 Å². The van der Waals surface area contributed by atoms with Gasteiger partial charge in [-0.2, -0.15) is 0 Å². The highest BCUT2D eigenvalue weighted by atomic mass is 15.0. The summed E-state index contributed by atoms with van der Waals surface area (Å²) in [5.41, 5.74) is 2.60. The molecule has 0 bridgehead atoms. The molecule has 0 aliphatic heterocycles. The number of para-hydroxylation sites is 1. The third-order valence-electron chi connectivity index (χ3n) is 3.19. The number of hydrogen-bond acceptors (Lipinski definition) is 0. The molecule has 0 N–H and O–H groups in total. The Hall–Kier alpha value is -1.50. The fraction of sp³-hybridized carbons (Fsp3) is 0.375. The number of rotatable bonds is 3. The van der Waals surface area contributed by atoms with E-state index >= 15 is 0 Å². The lowest BCUT2D eigenvalue weighted by molar-refractivity contribution is 0.643. The first-order valence-electron chi connectivity index (χ1n) is 6.59. The molecule has 90 valence electrons. The minimum atomic E-state index is 0.902. The summed E-state index contributed by atoms with van der Waals surface area (Å²) in [6, 6.07) is 10.8. The van der Waals surface area contributed by atoms with E-state index in [0.717, 1.165) is 12.5 Å². The third-order valence-corrected chi connectivity index (χ3v) is 3.19. The van der Waals surface area contributed by atoms with Gasteiger partial charge in [0.2, 0.25) is 0 Å². The Morgan fingerprint density at radius 1 is 1.29 bits per heavy atom. The number of aromatic nitrogens is 1. The molecule has 1 fully saturated rings. The number of fused-ring (bicyclic) bond motifs is 1. The van der Waals surface area contributed by atoms with Crippen LogP contribution in [-0.4, -0.2) is 4.57 Å². The van der Waals surface area contributed by atoms with E-state index in [4.69, 9.17) is 0 Å². The van der Waals surface area contributed by atoms with Crippen molar-refractivity contribution in [2.75, 3.05) is 0 Å². The van der Waals surface area contributed by atoms with Crippen LogP contribution in [0.15, 0.2) is 36.9 Å². The molecular weight excluding hydrogens is 206 g/mol. The topological polar surface area (TPSA) is 4.93 Å². The van der Waals surface area contributed by atoms with Gasteiger partial charge in [-0.1, -0.05) is 38.6 Å². The van der Waals surface area contributed by atoms with Gasteiger partial charge < -0.3 is 4.57 Å². The molecule has 3 rings (SSSR count). The third kappa shape index (κ3) is 2.44. The van der Waals surface area contributed by atoms with Crippen LogP contribution in [0.25, 0.3) is 17.0 Å². The first-order chi connectivity index (χ1) is 8.38. The predicted octanol–water partition coefficient (Wildman–Crippen LogP) is 4.72. The number of benzene rings is 1. The van der Waals surface area contributed by atoms with Crippen LogP contribution in [0.1, 0.15) is 32.4 Å². The molecule has 1 nitrogen and oxygen atoms in total. The molecule has 0 atom stereocenters. The van der Waals surface area contributed by atoms with Crippen LogP contribution in [0.2, 0.25) is 0 Å². The van der Waals surface area contributed by atoms with Crippen LogP contribution in [0, 0.1) is 5.92 Å². The normalized spacial score (nSPS) is 14.2. The highest BCUT2D eigenvalue weighted by Crippen LogP contribution is 2.33. The summed E-state index contributed by atoms with van der Waals surface area (Å²) < 4.78 is 2.40. The number of nitrogens with zero attached hydrogens (tertiary/aromatic N) is 1. The van der Waals surface area contributed by atoms with Crippen molar-refractivity contribution >= 4 is 17.0 Å². The zero-order chi connectivity index (χ0) is 12.3. The molecule has 1 aliphatic carbocycles. The van der Waals surface area contributed by atoms with Crippen molar-refractivity contribution in [3.63, 3.8) is 0 Å². The largest absolute Gasteiger partial charge is 0.341 e. The van der Waals surface area contributed by atoms with Crippen molar-refractivity contribution in [1.29, 1.82) is 0 Å². The van der Waals surface area contributed by atoms with E-state index in [9.17, 15) is 0 Å². The molecule has 0 spiro atoms. The van der Waals surface area contributed by atoms with Crippen LogP contribution in [0.3, 0.4) is 0 Å². The van der Waals surface area contributed by atoms with Gasteiger partial charge in [-0.25, -0.2) is 0 Å². The van der Waals surface area contributed by atoms with Gasteiger partial charge >= 0.3 is 0 Å². The standard InChI is InChI=1S/C14H15N.C2H6/c1-2-13-9-12-5-3-4-6-14(12)15(13)10-11-7-8-11;1-2/h2-6,9,11H,1,7-8,10H2;1-2H3. The summed E-state index contributed by atoms with van der Waals surface area (Å²) in [6.45, 7) is 9.06. The molecule has 17 heavy (non-hydrogen) atoms. The summed E-state index contributed by atoms with van der Waals surface area (Å²) >= 11 is 0. The van der Waals surface area contributed by atoms with E-state index in [2.05, 4.69) is 41.5 Å². The van der Waals surface area contributed by atoms with Gasteiger partial charge in [-0.15, -0.1) is 0 Å². The maximum Gasteiger partial charge on any atom is 0.0485 e. The quantitative estimate of drug-likeness (QED) is 0.715. The van der Waals surface area contributed by atoms with Crippen molar-refractivity contribution in [3.8, 4) is 0 Å². The molecule has 1 heterocycles. The second-order valence-corrected chi connectivity index (χ2v) is 4.39. The van der Waals surface area contributed by atoms with Gasteiger partial charge in [0.15, 0.2) is 0 Å². The van der Waals surface area contributed by atoms with Gasteiger partial charge in [-0.3, -0.25) is 0 Å². The van der Waals surface area contributed by atoms with Crippen LogP contribution in [0.5, 0.6) is 0 Å². The first kappa shape index (κ1) is 12.0. The SMILES string of the molecule is C=Cc1cc2ccccc2n1CC1CC1.CC. The highest BCUT2D eigenvalue weighted by molar-refractivity contribution is 5.83. The van der Waals surface area contributed by atoms with Gasteiger partial charge in [0.25, 0.3) is 0 Å². The average molecular weight is 227 g/mol. The van der Waals surface area contributed by atoms with Crippen LogP contribution < -0.4 is 0 Å². The summed E-state index contributed by atoms with van der Waals surface area (Å²) in [7, 11) is 0. The van der Waals surface area contributed by atoms with Gasteiger partial charge in [-0.05, 0) is 37.0 Å². The van der Waals surface area contributed by atoms with E-state index in [1.54, 1.807) is 0 Å². The molecular formula is C16H21N. The molecule has 1 heteroatoms. The lowest BCUT2D eigenvalue weighted by Crippen LogP contribution is -2.00. The first-order valence-corrected chi connectivity index (χ1v) is 6.59. The van der Waals surface area contributed by atoms with Crippen molar-refractivity contribution in [1.82, 2.24) is 4.57 Å². The Morgan fingerprint density at radius 3 is 2.65 bits per heavy atom. The van der Waals surface area contributed by atoms with Crippen molar-refractivity contribution in [3.05, 3.63) is 42.6 Å². The molecule has 1 aromatic carbocycles. The Labute approximate surface area is 104 Å². The average Bonchev–Trinajstić information content (AvgIpc) is 3.14. The Balaban J connectivity index is 0.000000514. The molecule has 0 unspecified atom stereocenters. The maximum absolute atomic E-state index is 3.89. The summed E-state index contributed by atoms with van der Waals surface area (Å²) in [5, 5.41) is 1.33. The zero-order valence-corrected chi connectivity index (χ0v) is 10.8. The fourth-order valence-corrected chi connectivity index (χ4v) is 2.16. The summed E-state index contributed by atoms with van der Waals surface area (Å²) in [6.07, 6.45) is 4.74. The van der Waals surface area contributed by atoms with Crippen molar-refractivity contribution in [2.45, 2.75) is 33.2 Å². The Kier molecular flexibility index (Phi) is 3.68. The minimum Gasteiger partial charge on any atom is -0.341 e. The van der Waals surface area contributed by atoms with Gasteiger partial charge in [0.05, 0.1) is 0 Å². The van der Waals surface area contributed by atoms with Crippen LogP contribution >= 0.6 is 0 Å². The molecule has 1 aromatic heterocycles. The smallest absolute Gasteiger partial charge is 0.0485 e. The fourth-order valence-electron chi connectivity index (χ4n) is 2.16. The van der Waals surface area contributed by atoms with E-state index in [1.165, 1.54) is 29.4 Å². The van der Waals surface area contributed by atoms with E-state index in [-0.39, 0.29) is 0 Å². The van der Waals surface area contributed by atoms with Crippen molar-refractivity contribution < 1.29 is 0 Å². The van der Waals surface area contributed by atoms with Gasteiger partial charge in [0.1, 0.15) is 0 Å². The van der Waals surface area contributed by atoms with E-state index < -0.39 is 0 Å². The molecule has 1 saturated carbocycles. The second kappa shape index (κ2) is 5.22. The molecule has 0 saturated heterocycles. The van der Waals surface area contributed by atoms with Crippen molar-refractivity contribution in [2.24, 2.45) is 5.92 Å². The zero-order valence-electron chi connectivity index (χ0n) is 10.8. The Bertz CT molecular complexity index is 503. The summed E-state index contributed by atoms with van der Waals surface area (Å²) in [4.78, 5) is 0. The van der Waals surface area contributed by atoms with E-state index in [1.807, 2.05) is 19.9 Å². The molecule has 0 radical (unpaired) electrons. The maximum atomic E-state index is 3.89. The van der Waals surface area contributed by atoms with E-state index in [0.29, 0.717) is 0 Å². The predicted molar refractivity (Wildman–Crippen MR) is 76.1 cm³/mol. The van der Waals surface area contributed by atoms with Gasteiger partial charge in [0, 0.05) is 23.1 Å². The minimum absolute atomic E-state index is 0.902. The number of hydrogen-bond donors (Lipinski definition) is 0. The second-order valence-electron chi connectivity index (χ2n) is 4.39. The van der Waals surface area contributed by atoms with Crippen LogP contribution in [0.4, 0.5) is 0 Å². The molecule has 2 aromatic rings. The lowest BCUT2D eigenvalue weighted by Gasteiger charge is -2.06. The summed E-state index contributed by atoms with van der Waals surface area (Å²) in [5.74, 6) is 0.902. The highest BCUT2D eigenvalue weighted by Gasteiger charge is 2.22.